The molecular formula is C14H18FN3. The van der Waals surface area contributed by atoms with E-state index < -0.39 is 0 Å². The minimum absolute atomic E-state index is 0.00407. The van der Waals surface area contributed by atoms with Gasteiger partial charge >= 0.3 is 0 Å². The summed E-state index contributed by atoms with van der Waals surface area (Å²) in [6.45, 7) is 4.80. The highest BCUT2D eigenvalue weighted by atomic mass is 19.1. The van der Waals surface area contributed by atoms with Crippen molar-refractivity contribution in [1.82, 2.24) is 14.9 Å². The third kappa shape index (κ3) is 2.43. The van der Waals surface area contributed by atoms with Gasteiger partial charge in [0.25, 0.3) is 0 Å². The summed E-state index contributed by atoms with van der Waals surface area (Å²) in [6, 6.07) is 4.88. The predicted molar refractivity (Wildman–Crippen MR) is 69.9 cm³/mol. The van der Waals surface area contributed by atoms with Gasteiger partial charge in [0.2, 0.25) is 0 Å². The summed E-state index contributed by atoms with van der Waals surface area (Å²) in [5.74, 6) is 0.734. The number of nitrogens with zero attached hydrogens (tertiary/aromatic N) is 2. The Bertz CT molecular complexity index is 534. The Labute approximate surface area is 107 Å². The van der Waals surface area contributed by atoms with Crippen molar-refractivity contribution in [3.05, 3.63) is 53.4 Å². The van der Waals surface area contributed by atoms with E-state index in [2.05, 4.69) is 17.2 Å². The fourth-order valence-electron chi connectivity index (χ4n) is 2.16. The van der Waals surface area contributed by atoms with Crippen molar-refractivity contribution in [2.45, 2.75) is 19.9 Å². The van der Waals surface area contributed by atoms with Crippen LogP contribution in [0.2, 0.25) is 0 Å². The van der Waals surface area contributed by atoms with Gasteiger partial charge in [0.1, 0.15) is 11.6 Å². The highest BCUT2D eigenvalue weighted by Gasteiger charge is 2.19. The molecule has 1 aromatic heterocycles. The van der Waals surface area contributed by atoms with E-state index in [-0.39, 0.29) is 11.9 Å². The van der Waals surface area contributed by atoms with Crippen LogP contribution in [0, 0.1) is 12.7 Å². The molecule has 0 aliphatic rings. The van der Waals surface area contributed by atoms with E-state index in [1.807, 2.05) is 30.8 Å². The van der Waals surface area contributed by atoms with Crippen LogP contribution >= 0.6 is 0 Å². The van der Waals surface area contributed by atoms with E-state index >= 15 is 0 Å². The van der Waals surface area contributed by atoms with Crippen molar-refractivity contribution < 1.29 is 4.39 Å². The van der Waals surface area contributed by atoms with Gasteiger partial charge in [-0.3, -0.25) is 0 Å². The molecule has 1 heterocycles. The molecule has 2 rings (SSSR count). The predicted octanol–water partition coefficient (Wildman–Crippen LogP) is 2.57. The van der Waals surface area contributed by atoms with Crippen LogP contribution in [0.25, 0.3) is 0 Å². The quantitative estimate of drug-likeness (QED) is 0.900. The summed E-state index contributed by atoms with van der Waals surface area (Å²) in [5, 5.41) is 3.40. The van der Waals surface area contributed by atoms with E-state index in [1.54, 1.807) is 12.3 Å². The van der Waals surface area contributed by atoms with Crippen molar-refractivity contribution in [3.8, 4) is 0 Å². The average molecular weight is 247 g/mol. The first kappa shape index (κ1) is 12.8. The maximum atomic E-state index is 13.2. The van der Waals surface area contributed by atoms with E-state index in [0.29, 0.717) is 0 Å². The average Bonchev–Trinajstić information content (AvgIpc) is 2.73. The lowest BCUT2D eigenvalue weighted by Gasteiger charge is -2.20. The molecule has 1 aromatic carbocycles. The molecule has 0 bridgehead atoms. The number of hydrogen-bond donors (Lipinski definition) is 1. The number of benzene rings is 1. The molecule has 0 saturated heterocycles. The van der Waals surface area contributed by atoms with Gasteiger partial charge < -0.3 is 9.88 Å². The molecular weight excluding hydrogens is 229 g/mol. The summed E-state index contributed by atoms with van der Waals surface area (Å²) in [7, 11) is 1.96. The van der Waals surface area contributed by atoms with Crippen LogP contribution in [0.5, 0.6) is 0 Å². The molecule has 0 amide bonds. The third-order valence-corrected chi connectivity index (χ3v) is 3.07. The first-order chi connectivity index (χ1) is 8.63. The van der Waals surface area contributed by atoms with Gasteiger partial charge in [-0.05, 0) is 36.7 Å². The molecule has 0 aliphatic carbocycles. The Balaban J connectivity index is 2.45. The Morgan fingerprint density at radius 2 is 2.22 bits per heavy atom. The van der Waals surface area contributed by atoms with Crippen LogP contribution in [0.4, 0.5) is 4.39 Å². The summed E-state index contributed by atoms with van der Waals surface area (Å²) in [5.41, 5.74) is 2.00. The SMILES string of the molecule is CCNC(c1ccc(F)cc1C)c1nccn1C. The number of nitrogens with one attached hydrogen (secondary N) is 1. The molecule has 0 aliphatic heterocycles. The molecule has 0 fully saturated rings. The van der Waals surface area contributed by atoms with Gasteiger partial charge in [0.05, 0.1) is 6.04 Å². The first-order valence-electron chi connectivity index (χ1n) is 6.10. The number of rotatable bonds is 4. The fourth-order valence-corrected chi connectivity index (χ4v) is 2.16. The molecule has 2 aromatic rings. The number of imidazole rings is 1. The van der Waals surface area contributed by atoms with Gasteiger partial charge in [0.15, 0.2) is 0 Å². The van der Waals surface area contributed by atoms with Crippen LogP contribution in [-0.2, 0) is 7.05 Å². The fraction of sp³-hybridized carbons (Fsp3) is 0.357. The molecule has 1 unspecified atom stereocenters. The Morgan fingerprint density at radius 3 is 2.78 bits per heavy atom. The molecule has 0 saturated carbocycles. The number of aromatic nitrogens is 2. The third-order valence-electron chi connectivity index (χ3n) is 3.07. The zero-order chi connectivity index (χ0) is 13.1. The van der Waals surface area contributed by atoms with E-state index in [9.17, 15) is 4.39 Å². The largest absolute Gasteiger partial charge is 0.336 e. The van der Waals surface area contributed by atoms with Crippen molar-refractivity contribution in [3.63, 3.8) is 0 Å². The van der Waals surface area contributed by atoms with Crippen molar-refractivity contribution >= 4 is 0 Å². The summed E-state index contributed by atoms with van der Waals surface area (Å²) in [4.78, 5) is 4.38. The second-order valence-corrected chi connectivity index (χ2v) is 4.39. The van der Waals surface area contributed by atoms with E-state index in [0.717, 1.165) is 23.5 Å². The second-order valence-electron chi connectivity index (χ2n) is 4.39. The lowest BCUT2D eigenvalue weighted by Crippen LogP contribution is -2.25. The van der Waals surface area contributed by atoms with E-state index in [1.165, 1.54) is 6.07 Å². The molecule has 4 heteroatoms. The minimum atomic E-state index is -0.202. The highest BCUT2D eigenvalue weighted by Crippen LogP contribution is 2.24. The lowest BCUT2D eigenvalue weighted by atomic mass is 10.0. The van der Waals surface area contributed by atoms with Gasteiger partial charge in [-0.1, -0.05) is 13.0 Å². The summed E-state index contributed by atoms with van der Waals surface area (Å²) >= 11 is 0. The molecule has 1 N–H and O–H groups in total. The van der Waals surface area contributed by atoms with Crippen LogP contribution in [0.15, 0.2) is 30.6 Å². The van der Waals surface area contributed by atoms with Gasteiger partial charge in [-0.15, -0.1) is 0 Å². The van der Waals surface area contributed by atoms with Crippen molar-refractivity contribution in [1.29, 1.82) is 0 Å². The Hall–Kier alpha value is -1.68. The second kappa shape index (κ2) is 5.31. The topological polar surface area (TPSA) is 29.9 Å². The normalized spacial score (nSPS) is 12.7. The highest BCUT2D eigenvalue weighted by molar-refractivity contribution is 5.33. The monoisotopic (exact) mass is 247 g/mol. The molecule has 96 valence electrons. The molecule has 0 radical (unpaired) electrons. The lowest BCUT2D eigenvalue weighted by molar-refractivity contribution is 0.570. The van der Waals surface area contributed by atoms with Crippen LogP contribution < -0.4 is 5.32 Å². The van der Waals surface area contributed by atoms with Crippen molar-refractivity contribution in [2.75, 3.05) is 6.54 Å². The standard InChI is InChI=1S/C14H18FN3/c1-4-16-13(14-17-7-8-18(14)3)12-6-5-11(15)9-10(12)2/h5-9,13,16H,4H2,1-3H3. The molecule has 18 heavy (non-hydrogen) atoms. The molecule has 3 nitrogen and oxygen atoms in total. The van der Waals surface area contributed by atoms with Crippen LogP contribution in [-0.4, -0.2) is 16.1 Å². The minimum Gasteiger partial charge on any atom is -0.336 e. The maximum Gasteiger partial charge on any atom is 0.130 e. The zero-order valence-electron chi connectivity index (χ0n) is 10.9. The molecule has 0 spiro atoms. The molecule has 1 atom stereocenters. The van der Waals surface area contributed by atoms with Crippen LogP contribution in [0.1, 0.15) is 29.9 Å². The summed E-state index contributed by atoms with van der Waals surface area (Å²) in [6.07, 6.45) is 3.69. The number of halogens is 1. The summed E-state index contributed by atoms with van der Waals surface area (Å²) < 4.78 is 15.2. The zero-order valence-corrected chi connectivity index (χ0v) is 10.9. The van der Waals surface area contributed by atoms with Gasteiger partial charge in [-0.2, -0.15) is 0 Å². The van der Waals surface area contributed by atoms with Crippen molar-refractivity contribution in [2.24, 2.45) is 7.05 Å². The number of hydrogen-bond acceptors (Lipinski definition) is 2. The smallest absolute Gasteiger partial charge is 0.130 e. The van der Waals surface area contributed by atoms with Gasteiger partial charge in [0, 0.05) is 19.4 Å². The Morgan fingerprint density at radius 1 is 1.44 bits per heavy atom. The number of aryl methyl sites for hydroxylation is 2. The first-order valence-corrected chi connectivity index (χ1v) is 6.10. The maximum absolute atomic E-state index is 13.2. The van der Waals surface area contributed by atoms with E-state index in [4.69, 9.17) is 0 Å². The van der Waals surface area contributed by atoms with Gasteiger partial charge in [-0.25, -0.2) is 9.37 Å². The Kier molecular flexibility index (Phi) is 3.77. The van der Waals surface area contributed by atoms with Crippen LogP contribution in [0.3, 0.4) is 0 Å².